The van der Waals surface area contributed by atoms with Gasteiger partial charge in [0.15, 0.2) is 0 Å². The number of para-hydroxylation sites is 1. The second-order valence-corrected chi connectivity index (χ2v) is 5.20. The van der Waals surface area contributed by atoms with Crippen LogP contribution in [0.25, 0.3) is 0 Å². The van der Waals surface area contributed by atoms with Crippen molar-refractivity contribution >= 4 is 44.8 Å². The van der Waals surface area contributed by atoms with Crippen molar-refractivity contribution in [3.8, 4) is 0 Å². The maximum atomic E-state index is 12.1. The highest BCUT2D eigenvalue weighted by molar-refractivity contribution is 9.10. The van der Waals surface area contributed by atoms with E-state index in [4.69, 9.17) is 17.3 Å². The number of carbonyl (C=O) groups is 1. The zero-order valence-corrected chi connectivity index (χ0v) is 12.4. The van der Waals surface area contributed by atoms with E-state index in [1.165, 1.54) is 6.20 Å². The van der Waals surface area contributed by atoms with Gasteiger partial charge in [0, 0.05) is 5.69 Å². The molecule has 1 heterocycles. The molecule has 0 atom stereocenters. The molecule has 0 unspecified atom stereocenters. The Kier molecular flexibility index (Phi) is 4.07. The average Bonchev–Trinajstić information content (AvgIpc) is 2.37. The van der Waals surface area contributed by atoms with E-state index >= 15 is 0 Å². The van der Waals surface area contributed by atoms with Crippen molar-refractivity contribution in [3.63, 3.8) is 0 Å². The molecule has 0 saturated heterocycles. The number of rotatable bonds is 2. The second kappa shape index (κ2) is 5.59. The molecular formula is C13H11BrClN3O. The molecule has 0 aliphatic carbocycles. The van der Waals surface area contributed by atoms with Crippen LogP contribution in [0.3, 0.4) is 0 Å². The lowest BCUT2D eigenvalue weighted by Crippen LogP contribution is -2.14. The van der Waals surface area contributed by atoms with Gasteiger partial charge in [0.25, 0.3) is 5.91 Å². The molecule has 19 heavy (non-hydrogen) atoms. The molecule has 1 aromatic carbocycles. The fraction of sp³-hybridized carbons (Fsp3) is 0.0769. The Hall–Kier alpha value is -1.59. The fourth-order valence-corrected chi connectivity index (χ4v) is 2.02. The highest BCUT2D eigenvalue weighted by Gasteiger charge is 2.11. The summed E-state index contributed by atoms with van der Waals surface area (Å²) in [4.78, 5) is 16.1. The summed E-state index contributed by atoms with van der Waals surface area (Å²) in [5, 5.41) is 3.07. The number of anilines is 2. The molecule has 0 spiro atoms. The fourth-order valence-electron chi connectivity index (χ4n) is 1.57. The van der Waals surface area contributed by atoms with Crippen LogP contribution in [0.2, 0.25) is 5.15 Å². The minimum atomic E-state index is -0.280. The predicted octanol–water partition coefficient (Wildman–Crippen LogP) is 3.64. The summed E-state index contributed by atoms with van der Waals surface area (Å²) < 4.78 is 0.615. The molecule has 0 bridgehead atoms. The van der Waals surface area contributed by atoms with Gasteiger partial charge in [-0.25, -0.2) is 4.98 Å². The summed E-state index contributed by atoms with van der Waals surface area (Å²) in [7, 11) is 0. The number of nitrogens with zero attached hydrogens (tertiary/aromatic N) is 1. The number of hydrogen-bond acceptors (Lipinski definition) is 3. The van der Waals surface area contributed by atoms with Crippen molar-refractivity contribution < 1.29 is 4.79 Å². The molecule has 98 valence electrons. The van der Waals surface area contributed by atoms with E-state index in [9.17, 15) is 4.79 Å². The Bertz CT molecular complexity index is 646. The van der Waals surface area contributed by atoms with Crippen LogP contribution in [0.15, 0.2) is 34.9 Å². The molecule has 0 aliphatic rings. The van der Waals surface area contributed by atoms with Gasteiger partial charge in [-0.1, -0.05) is 23.7 Å². The Morgan fingerprint density at radius 2 is 2.21 bits per heavy atom. The second-order valence-electron chi connectivity index (χ2n) is 3.99. The zero-order valence-electron chi connectivity index (χ0n) is 10.1. The topological polar surface area (TPSA) is 68.0 Å². The number of pyridine rings is 1. The van der Waals surface area contributed by atoms with Gasteiger partial charge in [0.05, 0.1) is 21.9 Å². The lowest BCUT2D eigenvalue weighted by Gasteiger charge is -2.09. The zero-order chi connectivity index (χ0) is 14.0. The third-order valence-corrected chi connectivity index (χ3v) is 3.76. The summed E-state index contributed by atoms with van der Waals surface area (Å²) in [5.74, 6) is -0.280. The van der Waals surface area contributed by atoms with Crippen molar-refractivity contribution in [1.29, 1.82) is 0 Å². The van der Waals surface area contributed by atoms with Crippen LogP contribution in [-0.4, -0.2) is 10.9 Å². The standard InChI is InChI=1S/C13H11BrClN3O/c1-7-3-2-4-9(11(7)16)13(19)18-8-5-10(14)12(15)17-6-8/h2-6H,16H2,1H3,(H,18,19). The third-order valence-electron chi connectivity index (χ3n) is 2.62. The molecule has 3 N–H and O–H groups in total. The van der Waals surface area contributed by atoms with Gasteiger partial charge < -0.3 is 11.1 Å². The lowest BCUT2D eigenvalue weighted by molar-refractivity contribution is 0.102. The van der Waals surface area contributed by atoms with E-state index in [2.05, 4.69) is 26.2 Å². The van der Waals surface area contributed by atoms with Crippen LogP contribution in [0.5, 0.6) is 0 Å². The number of nitrogen functional groups attached to an aromatic ring is 1. The Labute approximate surface area is 124 Å². The van der Waals surface area contributed by atoms with Gasteiger partial charge in [-0.05, 0) is 40.5 Å². The first-order valence-electron chi connectivity index (χ1n) is 5.46. The number of amides is 1. The molecule has 1 amide bonds. The average molecular weight is 341 g/mol. The van der Waals surface area contributed by atoms with E-state index < -0.39 is 0 Å². The maximum absolute atomic E-state index is 12.1. The van der Waals surface area contributed by atoms with Crippen molar-refractivity contribution in [3.05, 3.63) is 51.2 Å². The predicted molar refractivity (Wildman–Crippen MR) is 80.5 cm³/mol. The Morgan fingerprint density at radius 1 is 1.47 bits per heavy atom. The maximum Gasteiger partial charge on any atom is 0.257 e. The highest BCUT2D eigenvalue weighted by Crippen LogP contribution is 2.24. The molecule has 2 rings (SSSR count). The summed E-state index contributed by atoms with van der Waals surface area (Å²) in [6, 6.07) is 7.00. The lowest BCUT2D eigenvalue weighted by atomic mass is 10.1. The minimum absolute atomic E-state index is 0.280. The molecule has 2 aromatic rings. The highest BCUT2D eigenvalue weighted by atomic mass is 79.9. The molecule has 0 radical (unpaired) electrons. The molecule has 0 fully saturated rings. The van der Waals surface area contributed by atoms with Gasteiger partial charge in [0.2, 0.25) is 0 Å². The monoisotopic (exact) mass is 339 g/mol. The number of hydrogen-bond donors (Lipinski definition) is 2. The summed E-state index contributed by atoms with van der Waals surface area (Å²) in [6.45, 7) is 1.85. The SMILES string of the molecule is Cc1cccc(C(=O)Nc2cnc(Cl)c(Br)c2)c1N. The van der Waals surface area contributed by atoms with Crippen LogP contribution < -0.4 is 11.1 Å². The normalized spacial score (nSPS) is 10.3. The van der Waals surface area contributed by atoms with Crippen molar-refractivity contribution in [2.24, 2.45) is 0 Å². The van der Waals surface area contributed by atoms with Gasteiger partial charge in [-0.3, -0.25) is 4.79 Å². The van der Waals surface area contributed by atoms with E-state index in [-0.39, 0.29) is 5.91 Å². The number of nitrogens with one attached hydrogen (secondary N) is 1. The molecule has 6 heteroatoms. The molecule has 0 saturated carbocycles. The number of aromatic nitrogens is 1. The molecular weight excluding hydrogens is 330 g/mol. The van der Waals surface area contributed by atoms with Gasteiger partial charge in [-0.2, -0.15) is 0 Å². The summed E-state index contributed by atoms with van der Waals surface area (Å²) >= 11 is 9.04. The van der Waals surface area contributed by atoms with Gasteiger partial charge in [0.1, 0.15) is 5.15 Å². The molecule has 4 nitrogen and oxygen atoms in total. The van der Waals surface area contributed by atoms with Crippen LogP contribution in [0.1, 0.15) is 15.9 Å². The van der Waals surface area contributed by atoms with Crippen LogP contribution in [-0.2, 0) is 0 Å². The smallest absolute Gasteiger partial charge is 0.257 e. The van der Waals surface area contributed by atoms with Crippen molar-refractivity contribution in [1.82, 2.24) is 4.98 Å². The van der Waals surface area contributed by atoms with Gasteiger partial charge in [-0.15, -0.1) is 0 Å². The Balaban J connectivity index is 2.26. The first-order chi connectivity index (χ1) is 8.99. The number of aryl methyl sites for hydroxylation is 1. The largest absolute Gasteiger partial charge is 0.398 e. The van der Waals surface area contributed by atoms with E-state index in [0.717, 1.165) is 5.56 Å². The Morgan fingerprint density at radius 3 is 2.89 bits per heavy atom. The molecule has 0 aliphatic heterocycles. The third kappa shape index (κ3) is 3.05. The van der Waals surface area contributed by atoms with E-state index in [0.29, 0.717) is 26.6 Å². The molecule has 1 aromatic heterocycles. The van der Waals surface area contributed by atoms with Crippen LogP contribution in [0.4, 0.5) is 11.4 Å². The number of nitrogens with two attached hydrogens (primary N) is 1. The first-order valence-corrected chi connectivity index (χ1v) is 6.63. The van der Waals surface area contributed by atoms with Crippen LogP contribution >= 0.6 is 27.5 Å². The summed E-state index contributed by atoms with van der Waals surface area (Å²) in [6.07, 6.45) is 1.48. The van der Waals surface area contributed by atoms with Gasteiger partial charge >= 0.3 is 0 Å². The van der Waals surface area contributed by atoms with E-state index in [1.54, 1.807) is 18.2 Å². The number of halogens is 2. The van der Waals surface area contributed by atoms with Crippen molar-refractivity contribution in [2.75, 3.05) is 11.1 Å². The van der Waals surface area contributed by atoms with E-state index in [1.807, 2.05) is 13.0 Å². The summed E-state index contributed by atoms with van der Waals surface area (Å²) in [5.41, 5.74) is 8.20. The number of carbonyl (C=O) groups excluding carboxylic acids is 1. The quantitative estimate of drug-likeness (QED) is 0.648. The van der Waals surface area contributed by atoms with Crippen molar-refractivity contribution in [2.45, 2.75) is 6.92 Å². The first kappa shape index (κ1) is 13.8. The number of benzene rings is 1. The van der Waals surface area contributed by atoms with Crippen LogP contribution in [0, 0.1) is 6.92 Å². The minimum Gasteiger partial charge on any atom is -0.398 e.